The Bertz CT molecular complexity index is 614. The molecule has 0 saturated heterocycles. The molecule has 218 valence electrons. The van der Waals surface area contributed by atoms with E-state index in [0.29, 0.717) is 13.0 Å². The van der Waals surface area contributed by atoms with Crippen LogP contribution >= 0.6 is 7.60 Å². The normalized spacial score (nSPS) is 12.5. The lowest BCUT2D eigenvalue weighted by Gasteiger charge is -2.22. The highest BCUT2D eigenvalue weighted by Gasteiger charge is 2.15. The van der Waals surface area contributed by atoms with Crippen molar-refractivity contribution < 1.29 is 19.1 Å². The first-order valence-corrected chi connectivity index (χ1v) is 17.2. The maximum Gasteiger partial charge on any atom is 0.326 e. The van der Waals surface area contributed by atoms with Crippen molar-refractivity contribution in [2.24, 2.45) is 0 Å². The molecular weight excluding hydrogens is 481 g/mol. The van der Waals surface area contributed by atoms with Crippen molar-refractivity contribution >= 4 is 13.4 Å². The third-order valence-corrected chi connectivity index (χ3v) is 7.67. The number of nitrogens with zero attached hydrogens (tertiary/aromatic N) is 1. The third kappa shape index (κ3) is 31.4. The monoisotopic (exact) mass is 541 g/mol. The van der Waals surface area contributed by atoms with Crippen LogP contribution in [0.5, 0.6) is 0 Å². The second-order valence-corrected chi connectivity index (χ2v) is 12.5. The molecule has 0 aromatic carbocycles. The fourth-order valence-electron chi connectivity index (χ4n) is 4.52. The van der Waals surface area contributed by atoms with E-state index >= 15 is 0 Å². The van der Waals surface area contributed by atoms with Gasteiger partial charge in [0.05, 0.1) is 6.16 Å². The van der Waals surface area contributed by atoms with E-state index < -0.39 is 7.60 Å². The Morgan fingerprint density at radius 2 is 1.11 bits per heavy atom. The first-order valence-electron chi connectivity index (χ1n) is 15.4. The van der Waals surface area contributed by atoms with Gasteiger partial charge < -0.3 is 19.5 Å². The van der Waals surface area contributed by atoms with Gasteiger partial charge in [0.2, 0.25) is 0 Å². The summed E-state index contributed by atoms with van der Waals surface area (Å²) in [5.74, 6) is 0.287. The van der Waals surface area contributed by atoms with Gasteiger partial charge in [-0.2, -0.15) is 0 Å². The van der Waals surface area contributed by atoms with Crippen LogP contribution in [-0.4, -0.2) is 46.3 Å². The smallest absolute Gasteiger partial charge is 0.324 e. The zero-order chi connectivity index (χ0) is 27.5. The van der Waals surface area contributed by atoms with Crippen molar-refractivity contribution in [3.63, 3.8) is 0 Å². The van der Waals surface area contributed by atoms with Crippen LogP contribution in [-0.2, 0) is 9.36 Å². The molecule has 0 spiro atoms. The number of carbonyl (C=O) groups is 1. The van der Waals surface area contributed by atoms with Crippen molar-refractivity contribution in [2.45, 2.75) is 142 Å². The minimum Gasteiger partial charge on any atom is -0.324 e. The molecular formula is C31H60NO4P. The lowest BCUT2D eigenvalue weighted by Crippen LogP contribution is -2.29. The summed E-state index contributed by atoms with van der Waals surface area (Å²) in [6.45, 7) is 6.28. The topological polar surface area (TPSA) is 77.8 Å². The molecule has 0 aliphatic heterocycles. The molecule has 5 nitrogen and oxygen atoms in total. The molecule has 0 heterocycles. The standard InChI is InChI=1S/C31H60NO4P/c1-3-4-5-6-7-8-9-10-11-12-13-14-15-18-21-24-27-32(29-30-37(34,35)36)28-25-22-19-16-17-20-23-26-31(2)33/h7-8,10-11H,3-6,9,12-30H2,1-2H3,(H2,34,35,36)/b8-7-,11-10-. The highest BCUT2D eigenvalue weighted by molar-refractivity contribution is 7.51. The number of allylic oxidation sites excluding steroid dienone is 4. The Labute approximate surface area is 229 Å². The molecule has 0 aromatic rings. The summed E-state index contributed by atoms with van der Waals surface area (Å²) >= 11 is 0. The van der Waals surface area contributed by atoms with Gasteiger partial charge in [-0.05, 0) is 71.4 Å². The second kappa shape index (κ2) is 26.9. The van der Waals surface area contributed by atoms with Crippen LogP contribution in [0.4, 0.5) is 0 Å². The van der Waals surface area contributed by atoms with E-state index in [1.165, 1.54) is 89.9 Å². The molecule has 2 N–H and O–H groups in total. The van der Waals surface area contributed by atoms with Gasteiger partial charge in [0.1, 0.15) is 5.78 Å². The minimum atomic E-state index is -3.94. The Hall–Kier alpha value is -0.740. The van der Waals surface area contributed by atoms with Crippen LogP contribution in [0, 0.1) is 0 Å². The Morgan fingerprint density at radius 1 is 0.649 bits per heavy atom. The van der Waals surface area contributed by atoms with E-state index in [0.717, 1.165) is 45.2 Å². The van der Waals surface area contributed by atoms with Crippen LogP contribution in [0.2, 0.25) is 0 Å². The molecule has 0 unspecified atom stereocenters. The van der Waals surface area contributed by atoms with Gasteiger partial charge in [-0.3, -0.25) is 4.57 Å². The zero-order valence-electron chi connectivity index (χ0n) is 24.4. The van der Waals surface area contributed by atoms with Crippen molar-refractivity contribution in [1.82, 2.24) is 4.90 Å². The zero-order valence-corrected chi connectivity index (χ0v) is 25.3. The highest BCUT2D eigenvalue weighted by atomic mass is 31.2. The van der Waals surface area contributed by atoms with Gasteiger partial charge in [0.15, 0.2) is 0 Å². The quantitative estimate of drug-likeness (QED) is 0.0587. The van der Waals surface area contributed by atoms with Crippen molar-refractivity contribution in [3.8, 4) is 0 Å². The molecule has 0 saturated carbocycles. The van der Waals surface area contributed by atoms with Gasteiger partial charge in [-0.1, -0.05) is 102 Å². The average Bonchev–Trinajstić information content (AvgIpc) is 2.84. The number of hydrogen-bond donors (Lipinski definition) is 2. The van der Waals surface area contributed by atoms with Gasteiger partial charge >= 0.3 is 7.60 Å². The van der Waals surface area contributed by atoms with E-state index in [9.17, 15) is 19.1 Å². The number of Topliss-reactive ketones (excluding diaryl/α,β-unsaturated/α-hetero) is 1. The number of unbranched alkanes of at least 4 members (excludes halogenated alkanes) is 15. The Kier molecular flexibility index (Phi) is 26.3. The third-order valence-electron chi connectivity index (χ3n) is 6.89. The van der Waals surface area contributed by atoms with E-state index in [-0.39, 0.29) is 11.9 Å². The first kappa shape index (κ1) is 36.3. The SMILES string of the molecule is CCCCC/C=C\C/C=C\CCCCCCCCN(CCCCCCCCCC(C)=O)CCP(=O)(O)O. The summed E-state index contributed by atoms with van der Waals surface area (Å²) in [4.78, 5) is 31.8. The minimum absolute atomic E-state index is 0.0364. The van der Waals surface area contributed by atoms with Crippen LogP contribution in [0.1, 0.15) is 142 Å². The van der Waals surface area contributed by atoms with Crippen LogP contribution in [0.15, 0.2) is 24.3 Å². The lowest BCUT2D eigenvalue weighted by molar-refractivity contribution is -0.117. The molecule has 0 radical (unpaired) electrons. The van der Waals surface area contributed by atoms with Crippen molar-refractivity contribution in [1.29, 1.82) is 0 Å². The largest absolute Gasteiger partial charge is 0.326 e. The molecule has 0 aliphatic rings. The summed E-state index contributed by atoms with van der Waals surface area (Å²) < 4.78 is 11.3. The van der Waals surface area contributed by atoms with Gasteiger partial charge in [0.25, 0.3) is 0 Å². The molecule has 0 amide bonds. The predicted octanol–water partition coefficient (Wildman–Crippen LogP) is 8.99. The maximum absolute atomic E-state index is 11.3. The predicted molar refractivity (Wildman–Crippen MR) is 160 cm³/mol. The first-order chi connectivity index (χ1) is 17.8. The van der Waals surface area contributed by atoms with Crippen LogP contribution in [0.25, 0.3) is 0 Å². The number of ketones is 1. The summed E-state index contributed by atoms with van der Waals surface area (Å²) in [6.07, 6.45) is 32.7. The second-order valence-electron chi connectivity index (χ2n) is 10.7. The van der Waals surface area contributed by atoms with E-state index in [2.05, 4.69) is 36.1 Å². The number of hydrogen-bond acceptors (Lipinski definition) is 3. The van der Waals surface area contributed by atoms with Gasteiger partial charge in [0, 0.05) is 13.0 Å². The molecule has 6 heteroatoms. The molecule has 37 heavy (non-hydrogen) atoms. The molecule has 0 atom stereocenters. The molecule has 0 bridgehead atoms. The van der Waals surface area contributed by atoms with E-state index in [4.69, 9.17) is 0 Å². The Balaban J connectivity index is 3.80. The van der Waals surface area contributed by atoms with Crippen molar-refractivity contribution in [2.75, 3.05) is 25.8 Å². The summed E-state index contributed by atoms with van der Waals surface area (Å²) in [7, 11) is -3.94. The number of rotatable bonds is 28. The van der Waals surface area contributed by atoms with Gasteiger partial charge in [-0.15, -0.1) is 0 Å². The van der Waals surface area contributed by atoms with Crippen LogP contribution in [0.3, 0.4) is 0 Å². The fraction of sp³-hybridized carbons (Fsp3) is 0.839. The highest BCUT2D eigenvalue weighted by Crippen LogP contribution is 2.33. The molecule has 0 fully saturated rings. The molecule has 0 rings (SSSR count). The molecule has 0 aromatic heterocycles. The fourth-order valence-corrected chi connectivity index (χ4v) is 5.07. The van der Waals surface area contributed by atoms with Crippen LogP contribution < -0.4 is 0 Å². The summed E-state index contributed by atoms with van der Waals surface area (Å²) in [5, 5.41) is 0. The molecule has 0 aliphatic carbocycles. The average molecular weight is 542 g/mol. The summed E-state index contributed by atoms with van der Waals surface area (Å²) in [5.41, 5.74) is 0. The number of carbonyl (C=O) groups excluding carboxylic acids is 1. The summed E-state index contributed by atoms with van der Waals surface area (Å²) in [6, 6.07) is 0. The van der Waals surface area contributed by atoms with E-state index in [1.54, 1.807) is 6.92 Å². The van der Waals surface area contributed by atoms with Gasteiger partial charge in [-0.25, -0.2) is 0 Å². The van der Waals surface area contributed by atoms with E-state index in [1.807, 2.05) is 0 Å². The maximum atomic E-state index is 11.3. The Morgan fingerprint density at radius 3 is 1.59 bits per heavy atom. The lowest BCUT2D eigenvalue weighted by atomic mass is 10.1. The van der Waals surface area contributed by atoms with Crippen molar-refractivity contribution in [3.05, 3.63) is 24.3 Å².